The fourth-order valence-corrected chi connectivity index (χ4v) is 2.64. The van der Waals surface area contributed by atoms with Crippen LogP contribution >= 0.6 is 0 Å². The van der Waals surface area contributed by atoms with Crippen molar-refractivity contribution in [1.29, 1.82) is 0 Å². The number of aliphatic imine (C=N–C) groups is 1. The van der Waals surface area contributed by atoms with Crippen molar-refractivity contribution in [1.82, 2.24) is 19.9 Å². The highest BCUT2D eigenvalue weighted by Crippen LogP contribution is 2.11. The van der Waals surface area contributed by atoms with Crippen LogP contribution in [0.2, 0.25) is 0 Å². The summed E-state index contributed by atoms with van der Waals surface area (Å²) >= 11 is 0. The van der Waals surface area contributed by atoms with Crippen molar-refractivity contribution < 1.29 is 24.1 Å². The largest absolute Gasteiger partial charge is 0.394 e. The number of aromatic nitrogens is 3. The minimum Gasteiger partial charge on any atom is -0.394 e. The van der Waals surface area contributed by atoms with Crippen LogP contribution in [0.5, 0.6) is 0 Å². The SMILES string of the molecule is CC(=Nc1ccccc1)N(C)Cc1cn(CCOCCOCCOCCOCCO)nn1. The number of hydrogen-bond acceptors (Lipinski definition) is 8. The molecule has 0 aliphatic heterocycles. The quantitative estimate of drug-likeness (QED) is 0.220. The van der Waals surface area contributed by atoms with Crippen LogP contribution in [-0.2, 0) is 32.0 Å². The maximum Gasteiger partial charge on any atom is 0.102 e. The zero-order valence-electron chi connectivity index (χ0n) is 19.1. The van der Waals surface area contributed by atoms with Crippen LogP contribution < -0.4 is 0 Å². The number of para-hydroxylation sites is 1. The number of benzene rings is 1. The van der Waals surface area contributed by atoms with E-state index in [9.17, 15) is 0 Å². The number of aliphatic hydroxyl groups excluding tert-OH is 1. The Kier molecular flexibility index (Phi) is 13.2. The van der Waals surface area contributed by atoms with Gasteiger partial charge in [0, 0.05) is 7.05 Å². The maximum absolute atomic E-state index is 8.57. The summed E-state index contributed by atoms with van der Waals surface area (Å²) in [5.41, 5.74) is 1.80. The van der Waals surface area contributed by atoms with Gasteiger partial charge in [0.15, 0.2) is 0 Å². The molecule has 0 amide bonds. The molecule has 178 valence electrons. The first-order chi connectivity index (χ1) is 15.7. The Labute approximate surface area is 189 Å². The van der Waals surface area contributed by atoms with Gasteiger partial charge in [-0.2, -0.15) is 0 Å². The Balaban J connectivity index is 1.51. The van der Waals surface area contributed by atoms with E-state index in [4.69, 9.17) is 24.1 Å². The molecule has 0 atom stereocenters. The van der Waals surface area contributed by atoms with E-state index in [2.05, 4.69) is 15.3 Å². The zero-order chi connectivity index (χ0) is 22.9. The monoisotopic (exact) mass is 449 g/mol. The molecule has 0 unspecified atom stereocenters. The van der Waals surface area contributed by atoms with Crippen LogP contribution in [0.25, 0.3) is 0 Å². The standard InChI is InChI=1S/C22H35N5O5/c1-20(23-21-6-4-3-5-7-21)26(2)18-22-19-27(25-24-22)8-10-29-12-14-31-16-17-32-15-13-30-11-9-28/h3-7,19,28H,8-18H2,1-2H3. The van der Waals surface area contributed by atoms with Crippen molar-refractivity contribution in [3.05, 3.63) is 42.2 Å². The predicted octanol–water partition coefficient (Wildman–Crippen LogP) is 1.52. The average molecular weight is 450 g/mol. The molecule has 0 bridgehead atoms. The molecule has 1 aromatic carbocycles. The van der Waals surface area contributed by atoms with E-state index in [0.717, 1.165) is 17.2 Å². The maximum atomic E-state index is 8.57. The van der Waals surface area contributed by atoms with Crippen molar-refractivity contribution in [2.75, 3.05) is 66.5 Å². The van der Waals surface area contributed by atoms with Gasteiger partial charge in [0.25, 0.3) is 0 Å². The molecule has 10 nitrogen and oxygen atoms in total. The zero-order valence-corrected chi connectivity index (χ0v) is 19.1. The molecule has 0 aliphatic rings. The Morgan fingerprint density at radius 3 is 2.16 bits per heavy atom. The summed E-state index contributed by atoms with van der Waals surface area (Å²) in [6.45, 7) is 7.16. The minimum atomic E-state index is 0.0305. The lowest BCUT2D eigenvalue weighted by molar-refractivity contribution is -0.00629. The second-order valence-electron chi connectivity index (χ2n) is 7.00. The Hall–Kier alpha value is -2.37. The van der Waals surface area contributed by atoms with Crippen LogP contribution in [0.15, 0.2) is 41.5 Å². The summed E-state index contributed by atoms with van der Waals surface area (Å²) in [5.74, 6) is 0.912. The van der Waals surface area contributed by atoms with E-state index in [1.54, 1.807) is 4.68 Å². The molecule has 0 saturated heterocycles. The normalized spacial score (nSPS) is 11.8. The third-order valence-electron chi connectivity index (χ3n) is 4.40. The van der Waals surface area contributed by atoms with Crippen LogP contribution in [0, 0.1) is 0 Å². The lowest BCUT2D eigenvalue weighted by Gasteiger charge is -2.16. The highest BCUT2D eigenvalue weighted by Gasteiger charge is 2.07. The van der Waals surface area contributed by atoms with Crippen molar-refractivity contribution in [2.45, 2.75) is 20.0 Å². The Morgan fingerprint density at radius 2 is 1.53 bits per heavy atom. The molecule has 1 heterocycles. The van der Waals surface area contributed by atoms with Gasteiger partial charge in [-0.05, 0) is 19.1 Å². The van der Waals surface area contributed by atoms with Crippen molar-refractivity contribution in [3.8, 4) is 0 Å². The van der Waals surface area contributed by atoms with Crippen molar-refractivity contribution in [3.63, 3.8) is 0 Å². The number of ether oxygens (including phenoxy) is 4. The summed E-state index contributed by atoms with van der Waals surface area (Å²) in [4.78, 5) is 6.66. The molecule has 0 radical (unpaired) electrons. The number of aliphatic hydroxyl groups is 1. The predicted molar refractivity (Wildman–Crippen MR) is 121 cm³/mol. The molecular formula is C22H35N5O5. The molecule has 2 rings (SSSR count). The average Bonchev–Trinajstić information content (AvgIpc) is 3.24. The van der Waals surface area contributed by atoms with Crippen LogP contribution in [0.4, 0.5) is 5.69 Å². The van der Waals surface area contributed by atoms with E-state index in [1.165, 1.54) is 0 Å². The number of hydrogen-bond donors (Lipinski definition) is 1. The summed E-state index contributed by atoms with van der Waals surface area (Å²) in [6.07, 6.45) is 1.92. The molecule has 32 heavy (non-hydrogen) atoms. The number of nitrogens with zero attached hydrogens (tertiary/aromatic N) is 5. The summed E-state index contributed by atoms with van der Waals surface area (Å²) < 4.78 is 23.2. The summed E-state index contributed by atoms with van der Waals surface area (Å²) in [5, 5.41) is 17.0. The van der Waals surface area contributed by atoms with E-state index in [0.29, 0.717) is 65.9 Å². The lowest BCUT2D eigenvalue weighted by Crippen LogP contribution is -2.23. The van der Waals surface area contributed by atoms with Gasteiger partial charge in [0.1, 0.15) is 11.5 Å². The van der Waals surface area contributed by atoms with Crippen LogP contribution in [-0.4, -0.2) is 97.3 Å². The number of amidine groups is 1. The van der Waals surface area contributed by atoms with Crippen LogP contribution in [0.3, 0.4) is 0 Å². The Bertz CT molecular complexity index is 756. The van der Waals surface area contributed by atoms with Gasteiger partial charge in [-0.25, -0.2) is 9.67 Å². The van der Waals surface area contributed by atoms with E-state index >= 15 is 0 Å². The van der Waals surface area contributed by atoms with Crippen LogP contribution in [0.1, 0.15) is 12.6 Å². The van der Waals surface area contributed by atoms with E-state index < -0.39 is 0 Å². The second-order valence-corrected chi connectivity index (χ2v) is 7.00. The molecule has 2 aromatic rings. The Morgan fingerprint density at radius 1 is 0.938 bits per heavy atom. The first kappa shape index (κ1) is 25.9. The second kappa shape index (κ2) is 16.3. The van der Waals surface area contributed by atoms with E-state index in [1.807, 2.05) is 55.4 Å². The summed E-state index contributed by atoms with van der Waals surface area (Å²) in [6, 6.07) is 9.87. The lowest BCUT2D eigenvalue weighted by atomic mass is 10.3. The molecule has 0 saturated carbocycles. The number of rotatable bonds is 17. The molecule has 0 spiro atoms. The van der Waals surface area contributed by atoms with E-state index in [-0.39, 0.29) is 6.61 Å². The van der Waals surface area contributed by atoms with Gasteiger partial charge < -0.3 is 29.0 Å². The third-order valence-corrected chi connectivity index (χ3v) is 4.40. The molecular weight excluding hydrogens is 414 g/mol. The van der Waals surface area contributed by atoms with Gasteiger partial charge in [-0.3, -0.25) is 0 Å². The molecule has 1 aromatic heterocycles. The summed E-state index contributed by atoms with van der Waals surface area (Å²) in [7, 11) is 1.99. The fourth-order valence-electron chi connectivity index (χ4n) is 2.64. The smallest absolute Gasteiger partial charge is 0.102 e. The van der Waals surface area contributed by atoms with Gasteiger partial charge >= 0.3 is 0 Å². The van der Waals surface area contributed by atoms with Gasteiger partial charge in [-0.1, -0.05) is 23.4 Å². The first-order valence-electron chi connectivity index (χ1n) is 10.8. The van der Waals surface area contributed by atoms with Gasteiger partial charge in [0.2, 0.25) is 0 Å². The fraction of sp³-hybridized carbons (Fsp3) is 0.591. The van der Waals surface area contributed by atoms with Crippen molar-refractivity contribution in [2.24, 2.45) is 4.99 Å². The third kappa shape index (κ3) is 11.3. The molecule has 0 aliphatic carbocycles. The topological polar surface area (TPSA) is 103 Å². The first-order valence-corrected chi connectivity index (χ1v) is 10.8. The molecule has 10 heteroatoms. The van der Waals surface area contributed by atoms with Gasteiger partial charge in [-0.15, -0.1) is 5.10 Å². The minimum absolute atomic E-state index is 0.0305. The van der Waals surface area contributed by atoms with Gasteiger partial charge in [0.05, 0.1) is 84.4 Å². The molecule has 1 N–H and O–H groups in total. The highest BCUT2D eigenvalue weighted by atomic mass is 16.6. The molecule has 0 fully saturated rings. The highest BCUT2D eigenvalue weighted by molar-refractivity contribution is 5.82. The van der Waals surface area contributed by atoms with Crippen molar-refractivity contribution >= 4 is 11.5 Å².